The number of carboxylic acids is 1. The molecule has 7 heteroatoms. The summed E-state index contributed by atoms with van der Waals surface area (Å²) in [6.45, 7) is 2.41. The standard InChI is InChI=1S/C20H25N3O4/c1-12-3-4-13(10-21)17(7-12)22-16-6-5-14-11-23(20(26)27-2)18(19(24)25)9-15(14)8-16/h3-4,7,14-16,18,22H,5-6,8-9,11H2,1-2H3,(H,24,25). The first-order chi connectivity index (χ1) is 12.9. The number of piperidine rings is 1. The van der Waals surface area contributed by atoms with Crippen LogP contribution in [0, 0.1) is 30.1 Å². The minimum absolute atomic E-state index is 0.194. The third-order valence-corrected chi connectivity index (χ3v) is 5.82. The van der Waals surface area contributed by atoms with Crippen LogP contribution in [0.5, 0.6) is 0 Å². The summed E-state index contributed by atoms with van der Waals surface area (Å²) in [6.07, 6.45) is 2.54. The van der Waals surface area contributed by atoms with E-state index in [1.807, 2.05) is 25.1 Å². The van der Waals surface area contributed by atoms with Gasteiger partial charge >= 0.3 is 12.1 Å². The average Bonchev–Trinajstić information content (AvgIpc) is 2.66. The molecule has 2 fully saturated rings. The maximum Gasteiger partial charge on any atom is 0.410 e. The summed E-state index contributed by atoms with van der Waals surface area (Å²) in [7, 11) is 1.28. The van der Waals surface area contributed by atoms with Gasteiger partial charge < -0.3 is 15.2 Å². The van der Waals surface area contributed by atoms with E-state index in [0.717, 1.165) is 30.5 Å². The predicted octanol–water partition coefficient (Wildman–Crippen LogP) is 2.99. The van der Waals surface area contributed by atoms with Crippen LogP contribution in [0.1, 0.15) is 36.8 Å². The zero-order chi connectivity index (χ0) is 19.6. The van der Waals surface area contributed by atoms with Crippen molar-refractivity contribution in [3.05, 3.63) is 29.3 Å². The molecule has 0 aromatic heterocycles. The van der Waals surface area contributed by atoms with Gasteiger partial charge in [-0.3, -0.25) is 4.90 Å². The molecule has 3 rings (SSSR count). The minimum atomic E-state index is -0.987. The maximum absolute atomic E-state index is 12.0. The van der Waals surface area contributed by atoms with Crippen molar-refractivity contribution < 1.29 is 19.4 Å². The van der Waals surface area contributed by atoms with Gasteiger partial charge in [0.2, 0.25) is 0 Å². The number of rotatable bonds is 3. The molecule has 0 radical (unpaired) electrons. The van der Waals surface area contributed by atoms with Gasteiger partial charge in [-0.1, -0.05) is 6.07 Å². The van der Waals surface area contributed by atoms with Crippen LogP contribution in [0.4, 0.5) is 10.5 Å². The number of amides is 1. The lowest BCUT2D eigenvalue weighted by Gasteiger charge is -2.46. The van der Waals surface area contributed by atoms with Crippen LogP contribution < -0.4 is 5.32 Å². The summed E-state index contributed by atoms with van der Waals surface area (Å²) in [4.78, 5) is 25.0. The average molecular weight is 371 g/mol. The van der Waals surface area contributed by atoms with Crippen molar-refractivity contribution in [2.75, 3.05) is 19.0 Å². The first-order valence-corrected chi connectivity index (χ1v) is 9.27. The number of methoxy groups -OCH3 is 1. The van der Waals surface area contributed by atoms with Gasteiger partial charge in [0.1, 0.15) is 12.1 Å². The molecule has 1 aliphatic carbocycles. The van der Waals surface area contributed by atoms with Crippen LogP contribution in [-0.4, -0.2) is 47.8 Å². The maximum atomic E-state index is 12.0. The quantitative estimate of drug-likeness (QED) is 0.847. The molecule has 2 N–H and O–H groups in total. The third-order valence-electron chi connectivity index (χ3n) is 5.82. The van der Waals surface area contributed by atoms with Gasteiger partial charge in [0.15, 0.2) is 0 Å². The highest BCUT2D eigenvalue weighted by molar-refractivity contribution is 5.80. The molecule has 1 amide bonds. The Kier molecular flexibility index (Phi) is 5.54. The molecular formula is C20H25N3O4. The summed E-state index contributed by atoms with van der Waals surface area (Å²) in [6, 6.07) is 7.28. The lowest BCUT2D eigenvalue weighted by molar-refractivity contribution is -0.146. The Labute approximate surface area is 158 Å². The fourth-order valence-electron chi connectivity index (χ4n) is 4.43. The van der Waals surface area contributed by atoms with E-state index in [1.54, 1.807) is 0 Å². The summed E-state index contributed by atoms with van der Waals surface area (Å²) >= 11 is 0. The SMILES string of the molecule is COC(=O)N1CC2CCC(Nc3cc(C)ccc3C#N)CC2CC1C(=O)O. The number of aliphatic carboxylic acids is 1. The zero-order valence-corrected chi connectivity index (χ0v) is 15.6. The van der Waals surface area contributed by atoms with Gasteiger partial charge in [-0.25, -0.2) is 9.59 Å². The Morgan fingerprint density at radius 3 is 2.74 bits per heavy atom. The highest BCUT2D eigenvalue weighted by Crippen LogP contribution is 2.40. The second kappa shape index (κ2) is 7.87. The van der Waals surface area contributed by atoms with Crippen LogP contribution >= 0.6 is 0 Å². The largest absolute Gasteiger partial charge is 0.480 e. The lowest BCUT2D eigenvalue weighted by atomic mass is 9.71. The molecule has 7 nitrogen and oxygen atoms in total. The number of carbonyl (C=O) groups is 2. The third kappa shape index (κ3) is 4.00. The van der Waals surface area contributed by atoms with Crippen molar-refractivity contribution in [1.82, 2.24) is 4.90 Å². The van der Waals surface area contributed by atoms with E-state index in [1.165, 1.54) is 12.0 Å². The molecule has 1 saturated heterocycles. The Morgan fingerprint density at radius 2 is 2.07 bits per heavy atom. The highest BCUT2D eigenvalue weighted by atomic mass is 16.5. The number of nitrogens with one attached hydrogen (secondary N) is 1. The second-order valence-electron chi connectivity index (χ2n) is 7.55. The molecule has 1 aliphatic heterocycles. The molecule has 4 unspecified atom stereocenters. The van der Waals surface area contributed by atoms with Crippen LogP contribution in [0.2, 0.25) is 0 Å². The molecule has 2 aliphatic rings. The number of fused-ring (bicyclic) bond motifs is 1. The van der Waals surface area contributed by atoms with Crippen molar-refractivity contribution in [2.45, 2.75) is 44.7 Å². The number of aryl methyl sites for hydroxylation is 1. The van der Waals surface area contributed by atoms with Gasteiger partial charge in [-0.15, -0.1) is 0 Å². The van der Waals surface area contributed by atoms with Crippen LogP contribution in [0.15, 0.2) is 18.2 Å². The smallest absolute Gasteiger partial charge is 0.410 e. The van der Waals surface area contributed by atoms with E-state index >= 15 is 0 Å². The van der Waals surface area contributed by atoms with E-state index in [4.69, 9.17) is 4.74 Å². The highest BCUT2D eigenvalue weighted by Gasteiger charge is 2.44. The molecule has 4 atom stereocenters. The molecular weight excluding hydrogens is 346 g/mol. The number of likely N-dealkylation sites (tertiary alicyclic amines) is 1. The monoisotopic (exact) mass is 371 g/mol. The molecule has 1 saturated carbocycles. The number of ether oxygens (including phenoxy) is 1. The van der Waals surface area contributed by atoms with Crippen molar-refractivity contribution in [3.8, 4) is 6.07 Å². The van der Waals surface area contributed by atoms with Gasteiger partial charge in [-0.05, 0) is 62.1 Å². The number of hydrogen-bond acceptors (Lipinski definition) is 5. The number of anilines is 1. The normalized spacial score (nSPS) is 27.2. The van der Waals surface area contributed by atoms with E-state index in [2.05, 4.69) is 11.4 Å². The molecule has 27 heavy (non-hydrogen) atoms. The summed E-state index contributed by atoms with van der Waals surface area (Å²) in [5.74, 6) is -0.473. The van der Waals surface area contributed by atoms with Crippen molar-refractivity contribution in [2.24, 2.45) is 11.8 Å². The van der Waals surface area contributed by atoms with E-state index < -0.39 is 18.1 Å². The number of nitriles is 1. The second-order valence-corrected chi connectivity index (χ2v) is 7.55. The number of nitrogens with zero attached hydrogens (tertiary/aromatic N) is 2. The number of carbonyl (C=O) groups excluding carboxylic acids is 1. The van der Waals surface area contributed by atoms with Crippen LogP contribution in [0.25, 0.3) is 0 Å². The molecule has 1 aromatic rings. The van der Waals surface area contributed by atoms with Crippen LogP contribution in [0.3, 0.4) is 0 Å². The van der Waals surface area contributed by atoms with E-state index in [-0.39, 0.29) is 17.9 Å². The Balaban J connectivity index is 1.71. The lowest BCUT2D eigenvalue weighted by Crippen LogP contribution is -2.55. The summed E-state index contributed by atoms with van der Waals surface area (Å²) in [5, 5.41) is 22.4. The molecule has 0 spiro atoms. The molecule has 1 heterocycles. The Hall–Kier alpha value is -2.75. The van der Waals surface area contributed by atoms with Gasteiger partial charge in [0, 0.05) is 12.6 Å². The summed E-state index contributed by atoms with van der Waals surface area (Å²) in [5.41, 5.74) is 2.54. The van der Waals surface area contributed by atoms with E-state index in [0.29, 0.717) is 18.5 Å². The first kappa shape index (κ1) is 19.0. The molecule has 144 valence electrons. The number of hydrogen-bond donors (Lipinski definition) is 2. The number of benzene rings is 1. The van der Waals surface area contributed by atoms with Gasteiger partial charge in [-0.2, -0.15) is 5.26 Å². The minimum Gasteiger partial charge on any atom is -0.480 e. The van der Waals surface area contributed by atoms with Gasteiger partial charge in [0.05, 0.1) is 18.4 Å². The fraction of sp³-hybridized carbons (Fsp3) is 0.550. The Bertz CT molecular complexity index is 773. The molecule has 0 bridgehead atoms. The topological polar surface area (TPSA) is 103 Å². The van der Waals surface area contributed by atoms with Gasteiger partial charge in [0.25, 0.3) is 0 Å². The van der Waals surface area contributed by atoms with E-state index in [9.17, 15) is 20.0 Å². The summed E-state index contributed by atoms with van der Waals surface area (Å²) < 4.78 is 4.77. The van der Waals surface area contributed by atoms with Crippen molar-refractivity contribution >= 4 is 17.7 Å². The number of carboxylic acid groups (broad SMARTS) is 1. The van der Waals surface area contributed by atoms with Crippen molar-refractivity contribution in [3.63, 3.8) is 0 Å². The van der Waals surface area contributed by atoms with Crippen LogP contribution in [-0.2, 0) is 9.53 Å². The fourth-order valence-corrected chi connectivity index (χ4v) is 4.43. The predicted molar refractivity (Wildman–Crippen MR) is 99.3 cm³/mol. The zero-order valence-electron chi connectivity index (χ0n) is 15.6. The van der Waals surface area contributed by atoms with Crippen molar-refractivity contribution in [1.29, 1.82) is 5.26 Å². The first-order valence-electron chi connectivity index (χ1n) is 9.27. The Morgan fingerprint density at radius 1 is 1.30 bits per heavy atom. The molecule has 1 aromatic carbocycles.